The molecule has 3 rings (SSSR count). The maximum atomic E-state index is 13.1. The lowest BCUT2D eigenvalue weighted by atomic mass is 10.0. The van der Waals surface area contributed by atoms with E-state index in [0.717, 1.165) is 22.1 Å². The maximum absolute atomic E-state index is 13.1. The number of aromatic nitrogens is 1. The minimum Gasteiger partial charge on any atom is -0.497 e. The molecule has 7 nitrogen and oxygen atoms in total. The Morgan fingerprint density at radius 3 is 2.24 bits per heavy atom. The molecule has 0 radical (unpaired) electrons. The van der Waals surface area contributed by atoms with Crippen LogP contribution in [0.2, 0.25) is 0 Å². The van der Waals surface area contributed by atoms with Gasteiger partial charge in [-0.05, 0) is 54.3 Å². The van der Waals surface area contributed by atoms with Crippen LogP contribution in [0.3, 0.4) is 0 Å². The molecule has 1 heterocycles. The topological polar surface area (TPSA) is 89.4 Å². The summed E-state index contributed by atoms with van der Waals surface area (Å²) in [6, 6.07) is 11.4. The Hall–Kier alpha value is -3.61. The average Bonchev–Trinajstić information content (AvgIpc) is 2.78. The first-order valence-electron chi connectivity index (χ1n) is 11.1. The summed E-state index contributed by atoms with van der Waals surface area (Å²) in [6.07, 6.45) is 3.05. The summed E-state index contributed by atoms with van der Waals surface area (Å²) in [4.78, 5) is 38.5. The highest BCUT2D eigenvalue weighted by Crippen LogP contribution is 2.24. The molecule has 0 aliphatic carbocycles. The van der Waals surface area contributed by atoms with E-state index in [0.29, 0.717) is 13.1 Å². The van der Waals surface area contributed by atoms with Crippen molar-refractivity contribution in [2.75, 3.05) is 13.7 Å². The molecule has 0 saturated heterocycles. The maximum Gasteiger partial charge on any atom is 0.257 e. The predicted octanol–water partition coefficient (Wildman–Crippen LogP) is 3.91. The lowest BCUT2D eigenvalue weighted by Gasteiger charge is -2.17. The molecule has 2 aromatic carbocycles. The number of carbonyl (C=O) groups excluding carboxylic acids is 2. The summed E-state index contributed by atoms with van der Waals surface area (Å²) in [5, 5.41) is 7.61. The van der Waals surface area contributed by atoms with Gasteiger partial charge in [-0.15, -0.1) is 0 Å². The molecule has 0 spiro atoms. The minimum atomic E-state index is -0.573. The first-order valence-corrected chi connectivity index (χ1v) is 11.1. The number of amides is 2. The first kappa shape index (κ1) is 24.0. The molecule has 174 valence electrons. The fraction of sp³-hybridized carbons (Fsp3) is 0.346. The predicted molar refractivity (Wildman–Crippen MR) is 130 cm³/mol. The van der Waals surface area contributed by atoms with Crippen LogP contribution in [0.4, 0.5) is 0 Å². The number of benzene rings is 2. The van der Waals surface area contributed by atoms with Crippen molar-refractivity contribution in [1.82, 2.24) is 15.2 Å². The third-order valence-corrected chi connectivity index (χ3v) is 5.40. The summed E-state index contributed by atoms with van der Waals surface area (Å²) in [5.74, 6) is 0.0700. The molecule has 0 fully saturated rings. The van der Waals surface area contributed by atoms with E-state index in [1.807, 2.05) is 57.2 Å². The standard InChI is InChI=1S/C26H31N3O4/c1-6-27-25(31)22-14-29(13-16(2)3)15-23(24(22)30)26(32)28-17(4)18-7-8-20-12-21(33-5)10-9-19(20)11-18/h7-12,14-17H,6,13H2,1-5H3,(H,27,31)(H,28,32)/t17-/m1/s1. The summed E-state index contributed by atoms with van der Waals surface area (Å²) in [5.41, 5.74) is 0.258. The molecule has 2 amide bonds. The number of fused-ring (bicyclic) bond motifs is 1. The average molecular weight is 450 g/mol. The van der Waals surface area contributed by atoms with Gasteiger partial charge in [0.2, 0.25) is 5.43 Å². The van der Waals surface area contributed by atoms with Gasteiger partial charge in [-0.25, -0.2) is 0 Å². The van der Waals surface area contributed by atoms with Crippen molar-refractivity contribution < 1.29 is 14.3 Å². The van der Waals surface area contributed by atoms with E-state index in [1.165, 1.54) is 12.4 Å². The zero-order chi connectivity index (χ0) is 24.1. The van der Waals surface area contributed by atoms with Gasteiger partial charge >= 0.3 is 0 Å². The summed E-state index contributed by atoms with van der Waals surface area (Å²) < 4.78 is 7.01. The second-order valence-electron chi connectivity index (χ2n) is 8.53. The van der Waals surface area contributed by atoms with Gasteiger partial charge in [0.25, 0.3) is 11.8 Å². The molecule has 0 unspecified atom stereocenters. The largest absolute Gasteiger partial charge is 0.497 e. The molecule has 0 saturated carbocycles. The van der Waals surface area contributed by atoms with Gasteiger partial charge in [0.1, 0.15) is 16.9 Å². The van der Waals surface area contributed by atoms with Gasteiger partial charge in [-0.2, -0.15) is 0 Å². The Kier molecular flexibility index (Phi) is 7.53. The van der Waals surface area contributed by atoms with Gasteiger partial charge in [0, 0.05) is 25.5 Å². The van der Waals surface area contributed by atoms with Crippen LogP contribution in [0.1, 0.15) is 60.0 Å². The van der Waals surface area contributed by atoms with Gasteiger partial charge in [0.15, 0.2) is 0 Å². The Labute approximate surface area is 193 Å². The van der Waals surface area contributed by atoms with E-state index in [2.05, 4.69) is 10.6 Å². The number of nitrogens with one attached hydrogen (secondary N) is 2. The number of rotatable bonds is 8. The van der Waals surface area contributed by atoms with Gasteiger partial charge in [-0.3, -0.25) is 14.4 Å². The number of ether oxygens (including phenoxy) is 1. The van der Waals surface area contributed by atoms with Gasteiger partial charge in [-0.1, -0.05) is 32.0 Å². The van der Waals surface area contributed by atoms with Crippen LogP contribution in [0, 0.1) is 5.92 Å². The summed E-state index contributed by atoms with van der Waals surface area (Å²) in [6.45, 7) is 8.67. The monoisotopic (exact) mass is 449 g/mol. The van der Waals surface area contributed by atoms with E-state index < -0.39 is 17.2 Å². The number of nitrogens with zero attached hydrogens (tertiary/aromatic N) is 1. The highest BCUT2D eigenvalue weighted by atomic mass is 16.5. The molecule has 1 aromatic heterocycles. The van der Waals surface area contributed by atoms with E-state index in [9.17, 15) is 14.4 Å². The van der Waals surface area contributed by atoms with E-state index in [1.54, 1.807) is 18.6 Å². The third kappa shape index (κ3) is 5.61. The van der Waals surface area contributed by atoms with Crippen LogP contribution < -0.4 is 20.8 Å². The Morgan fingerprint density at radius 1 is 0.970 bits per heavy atom. The smallest absolute Gasteiger partial charge is 0.257 e. The van der Waals surface area contributed by atoms with Crippen molar-refractivity contribution in [2.45, 2.75) is 40.3 Å². The van der Waals surface area contributed by atoms with Crippen LogP contribution in [-0.4, -0.2) is 30.0 Å². The molecule has 33 heavy (non-hydrogen) atoms. The number of carbonyl (C=O) groups is 2. The van der Waals surface area contributed by atoms with Crippen LogP contribution in [0.15, 0.2) is 53.6 Å². The van der Waals surface area contributed by atoms with Crippen LogP contribution in [0.25, 0.3) is 10.8 Å². The second kappa shape index (κ2) is 10.3. The molecular weight excluding hydrogens is 418 g/mol. The van der Waals surface area contributed by atoms with Crippen molar-refractivity contribution in [1.29, 1.82) is 0 Å². The molecule has 0 bridgehead atoms. The number of methoxy groups -OCH3 is 1. The minimum absolute atomic E-state index is 0.0301. The zero-order valence-corrected chi connectivity index (χ0v) is 19.8. The zero-order valence-electron chi connectivity index (χ0n) is 19.8. The van der Waals surface area contributed by atoms with E-state index in [4.69, 9.17) is 4.74 Å². The van der Waals surface area contributed by atoms with Gasteiger partial charge < -0.3 is 19.9 Å². The van der Waals surface area contributed by atoms with Crippen molar-refractivity contribution in [3.63, 3.8) is 0 Å². The molecule has 0 aliphatic rings. The number of hydrogen-bond acceptors (Lipinski definition) is 4. The molecule has 2 N–H and O–H groups in total. The second-order valence-corrected chi connectivity index (χ2v) is 8.53. The Bertz CT molecular complexity index is 1230. The van der Waals surface area contributed by atoms with E-state index in [-0.39, 0.29) is 23.1 Å². The SMILES string of the molecule is CCNC(=O)c1cn(CC(C)C)cc(C(=O)N[C@H](C)c2ccc3cc(OC)ccc3c2)c1=O. The van der Waals surface area contributed by atoms with Gasteiger partial charge in [0.05, 0.1) is 13.2 Å². The third-order valence-electron chi connectivity index (χ3n) is 5.40. The van der Waals surface area contributed by atoms with Crippen LogP contribution in [-0.2, 0) is 6.54 Å². The highest BCUT2D eigenvalue weighted by Gasteiger charge is 2.21. The van der Waals surface area contributed by atoms with Crippen LogP contribution in [0.5, 0.6) is 5.75 Å². The van der Waals surface area contributed by atoms with Crippen molar-refractivity contribution in [3.8, 4) is 5.75 Å². The fourth-order valence-corrected chi connectivity index (χ4v) is 3.73. The van der Waals surface area contributed by atoms with Crippen LogP contribution >= 0.6 is 0 Å². The van der Waals surface area contributed by atoms with Crippen molar-refractivity contribution in [2.24, 2.45) is 5.92 Å². The lowest BCUT2D eigenvalue weighted by molar-refractivity contribution is 0.0937. The van der Waals surface area contributed by atoms with E-state index >= 15 is 0 Å². The molecule has 0 aliphatic heterocycles. The quantitative estimate of drug-likeness (QED) is 0.546. The normalized spacial score (nSPS) is 11.9. The molecule has 3 aromatic rings. The number of hydrogen-bond donors (Lipinski definition) is 2. The lowest BCUT2D eigenvalue weighted by Crippen LogP contribution is -2.36. The highest BCUT2D eigenvalue weighted by molar-refractivity contribution is 5.99. The summed E-state index contributed by atoms with van der Waals surface area (Å²) >= 11 is 0. The van der Waals surface area contributed by atoms with Crippen molar-refractivity contribution in [3.05, 3.63) is 75.7 Å². The molecular formula is C26H31N3O4. The Morgan fingerprint density at radius 2 is 1.61 bits per heavy atom. The Balaban J connectivity index is 1.90. The fourth-order valence-electron chi connectivity index (χ4n) is 3.73. The summed E-state index contributed by atoms with van der Waals surface area (Å²) in [7, 11) is 1.63. The number of pyridine rings is 1. The molecule has 1 atom stereocenters. The van der Waals surface area contributed by atoms with Crippen molar-refractivity contribution >= 4 is 22.6 Å². The molecule has 7 heteroatoms. The first-order chi connectivity index (χ1) is 15.7.